The molecule has 4 N–H and O–H groups in total. The van der Waals surface area contributed by atoms with Gasteiger partial charge in [-0.05, 0) is 30.0 Å². The van der Waals surface area contributed by atoms with Gasteiger partial charge in [0.05, 0.1) is 12.6 Å². The zero-order valence-corrected chi connectivity index (χ0v) is 11.2. The first-order chi connectivity index (χ1) is 9.15. The van der Waals surface area contributed by atoms with Crippen molar-refractivity contribution in [2.45, 2.75) is 25.9 Å². The maximum atomic E-state index is 12.2. The molecule has 1 heterocycles. The zero-order valence-electron chi connectivity index (χ0n) is 11.2. The van der Waals surface area contributed by atoms with Gasteiger partial charge in [0.2, 0.25) is 0 Å². The van der Waals surface area contributed by atoms with Crippen LogP contribution < -0.4 is 11.1 Å². The summed E-state index contributed by atoms with van der Waals surface area (Å²) in [6, 6.07) is 7.25. The van der Waals surface area contributed by atoms with Crippen molar-refractivity contribution in [2.75, 3.05) is 18.5 Å². The number of hydrogen-bond acceptors (Lipinski definition) is 3. The highest BCUT2D eigenvalue weighted by Gasteiger charge is 2.33. The van der Waals surface area contributed by atoms with Crippen LogP contribution >= 0.6 is 0 Å². The van der Waals surface area contributed by atoms with Gasteiger partial charge in [-0.1, -0.05) is 19.1 Å². The Balaban J connectivity index is 2.04. The average Bonchev–Trinajstić information content (AvgIpc) is 2.80. The minimum atomic E-state index is -0.155. The number of amides is 2. The fourth-order valence-electron chi connectivity index (χ4n) is 2.51. The summed E-state index contributed by atoms with van der Waals surface area (Å²) in [6.45, 7) is 3.21. The number of nitrogens with one attached hydrogen (secondary N) is 1. The molecule has 0 saturated carbocycles. The van der Waals surface area contributed by atoms with E-state index in [9.17, 15) is 9.90 Å². The number of hydrogen-bond donors (Lipinski definition) is 3. The summed E-state index contributed by atoms with van der Waals surface area (Å²) in [5.41, 5.74) is 7.30. The van der Waals surface area contributed by atoms with Gasteiger partial charge in [0.1, 0.15) is 0 Å². The molecule has 1 fully saturated rings. The van der Waals surface area contributed by atoms with E-state index in [1.165, 1.54) is 0 Å². The fourth-order valence-corrected chi connectivity index (χ4v) is 2.51. The molecule has 0 bridgehead atoms. The summed E-state index contributed by atoms with van der Waals surface area (Å²) < 4.78 is 0. The topological polar surface area (TPSA) is 78.6 Å². The van der Waals surface area contributed by atoms with Crippen molar-refractivity contribution in [3.05, 3.63) is 29.8 Å². The molecule has 0 radical (unpaired) electrons. The Morgan fingerprint density at radius 3 is 3.05 bits per heavy atom. The van der Waals surface area contributed by atoms with E-state index in [0.717, 1.165) is 17.7 Å². The summed E-state index contributed by atoms with van der Waals surface area (Å²) >= 11 is 0. The first-order valence-electron chi connectivity index (χ1n) is 6.63. The third-order valence-corrected chi connectivity index (χ3v) is 3.74. The van der Waals surface area contributed by atoms with Crippen molar-refractivity contribution < 1.29 is 9.90 Å². The predicted molar refractivity (Wildman–Crippen MR) is 74.7 cm³/mol. The number of likely N-dealkylation sites (tertiary alicyclic amines) is 1. The third kappa shape index (κ3) is 3.05. The second-order valence-electron chi connectivity index (χ2n) is 5.04. The van der Waals surface area contributed by atoms with Crippen LogP contribution in [-0.2, 0) is 6.54 Å². The smallest absolute Gasteiger partial charge is 0.322 e. The Labute approximate surface area is 113 Å². The molecule has 0 aliphatic carbocycles. The van der Waals surface area contributed by atoms with Gasteiger partial charge in [0, 0.05) is 18.8 Å². The Bertz CT molecular complexity index is 450. The molecule has 1 aliphatic heterocycles. The van der Waals surface area contributed by atoms with E-state index in [2.05, 4.69) is 12.2 Å². The van der Waals surface area contributed by atoms with Crippen LogP contribution in [0.2, 0.25) is 0 Å². The van der Waals surface area contributed by atoms with Crippen molar-refractivity contribution in [1.29, 1.82) is 0 Å². The molecule has 0 spiro atoms. The number of aliphatic hydroxyl groups excluding tert-OH is 1. The number of rotatable bonds is 3. The molecule has 19 heavy (non-hydrogen) atoms. The van der Waals surface area contributed by atoms with Gasteiger partial charge >= 0.3 is 6.03 Å². The summed E-state index contributed by atoms with van der Waals surface area (Å²) in [5.74, 6) is 0.339. The van der Waals surface area contributed by atoms with E-state index >= 15 is 0 Å². The van der Waals surface area contributed by atoms with E-state index in [1.807, 2.05) is 24.3 Å². The summed E-state index contributed by atoms with van der Waals surface area (Å²) in [7, 11) is 0. The maximum absolute atomic E-state index is 12.2. The lowest BCUT2D eigenvalue weighted by Gasteiger charge is -2.25. The van der Waals surface area contributed by atoms with Gasteiger partial charge in [-0.15, -0.1) is 0 Å². The molecular weight excluding hydrogens is 242 g/mol. The highest BCUT2D eigenvalue weighted by molar-refractivity contribution is 5.89. The van der Waals surface area contributed by atoms with Crippen molar-refractivity contribution in [1.82, 2.24) is 4.90 Å². The van der Waals surface area contributed by atoms with E-state index < -0.39 is 0 Å². The number of carbonyl (C=O) groups excluding carboxylic acids is 1. The molecule has 104 valence electrons. The van der Waals surface area contributed by atoms with Crippen molar-refractivity contribution in [2.24, 2.45) is 11.7 Å². The van der Waals surface area contributed by atoms with Gasteiger partial charge in [-0.3, -0.25) is 0 Å². The van der Waals surface area contributed by atoms with Crippen LogP contribution in [0, 0.1) is 5.92 Å². The van der Waals surface area contributed by atoms with Gasteiger partial charge < -0.3 is 21.1 Å². The van der Waals surface area contributed by atoms with Crippen LogP contribution in [0.5, 0.6) is 0 Å². The lowest BCUT2D eigenvalue weighted by Crippen LogP contribution is -2.42. The molecular formula is C14H21N3O2. The standard InChI is InChI=1S/C14H21N3O2/c1-10-5-6-17(13(10)9-18)14(19)16-12-4-2-3-11(7-12)8-15/h2-4,7,10,13,18H,5-6,8-9,15H2,1H3,(H,16,19). The minimum Gasteiger partial charge on any atom is -0.394 e. The van der Waals surface area contributed by atoms with Crippen LogP contribution in [0.3, 0.4) is 0 Å². The van der Waals surface area contributed by atoms with E-state index in [0.29, 0.717) is 19.0 Å². The van der Waals surface area contributed by atoms with E-state index in [-0.39, 0.29) is 18.7 Å². The van der Waals surface area contributed by atoms with E-state index in [1.54, 1.807) is 4.90 Å². The highest BCUT2D eigenvalue weighted by atomic mass is 16.3. The number of urea groups is 1. The molecule has 2 unspecified atom stereocenters. The molecule has 0 aromatic heterocycles. The van der Waals surface area contributed by atoms with Crippen molar-refractivity contribution >= 4 is 11.7 Å². The predicted octanol–water partition coefficient (Wildman–Crippen LogP) is 1.38. The van der Waals surface area contributed by atoms with Gasteiger partial charge in [0.25, 0.3) is 0 Å². The van der Waals surface area contributed by atoms with Gasteiger partial charge in [0.15, 0.2) is 0 Å². The summed E-state index contributed by atoms with van der Waals surface area (Å²) in [4.78, 5) is 13.9. The lowest BCUT2D eigenvalue weighted by atomic mass is 10.0. The molecule has 1 aromatic rings. The largest absolute Gasteiger partial charge is 0.394 e. The lowest BCUT2D eigenvalue weighted by molar-refractivity contribution is 0.152. The number of carbonyl (C=O) groups is 1. The Hall–Kier alpha value is -1.59. The fraction of sp³-hybridized carbons (Fsp3) is 0.500. The molecule has 1 aliphatic rings. The molecule has 2 amide bonds. The van der Waals surface area contributed by atoms with Gasteiger partial charge in [-0.2, -0.15) is 0 Å². The number of nitrogens with two attached hydrogens (primary N) is 1. The van der Waals surface area contributed by atoms with Crippen LogP contribution in [0.15, 0.2) is 24.3 Å². The second-order valence-corrected chi connectivity index (χ2v) is 5.04. The van der Waals surface area contributed by atoms with Crippen LogP contribution in [0.25, 0.3) is 0 Å². The maximum Gasteiger partial charge on any atom is 0.322 e. The van der Waals surface area contributed by atoms with Crippen molar-refractivity contribution in [3.8, 4) is 0 Å². The third-order valence-electron chi connectivity index (χ3n) is 3.74. The molecule has 5 heteroatoms. The molecule has 1 saturated heterocycles. The highest BCUT2D eigenvalue weighted by Crippen LogP contribution is 2.24. The van der Waals surface area contributed by atoms with Crippen LogP contribution in [0.1, 0.15) is 18.9 Å². The minimum absolute atomic E-state index is 0.0113. The first-order valence-corrected chi connectivity index (χ1v) is 6.63. The molecule has 1 aromatic carbocycles. The normalized spacial score (nSPS) is 22.6. The first kappa shape index (κ1) is 13.8. The second kappa shape index (κ2) is 6.04. The molecule has 5 nitrogen and oxygen atoms in total. The zero-order chi connectivity index (χ0) is 13.8. The summed E-state index contributed by atoms with van der Waals surface area (Å²) in [6.07, 6.45) is 0.932. The molecule has 2 rings (SSSR count). The van der Waals surface area contributed by atoms with Gasteiger partial charge in [-0.25, -0.2) is 4.79 Å². The number of nitrogens with zero attached hydrogens (tertiary/aromatic N) is 1. The SMILES string of the molecule is CC1CCN(C(=O)Nc2cccc(CN)c2)C1CO. The molecule has 2 atom stereocenters. The average molecular weight is 263 g/mol. The number of aliphatic hydroxyl groups is 1. The Morgan fingerprint density at radius 1 is 1.58 bits per heavy atom. The number of anilines is 1. The Morgan fingerprint density at radius 2 is 2.37 bits per heavy atom. The monoisotopic (exact) mass is 263 g/mol. The van der Waals surface area contributed by atoms with Crippen LogP contribution in [-0.4, -0.2) is 35.2 Å². The quantitative estimate of drug-likeness (QED) is 0.771. The van der Waals surface area contributed by atoms with Crippen LogP contribution in [0.4, 0.5) is 10.5 Å². The summed E-state index contributed by atoms with van der Waals surface area (Å²) in [5, 5.41) is 12.2. The van der Waals surface area contributed by atoms with E-state index in [4.69, 9.17) is 5.73 Å². The van der Waals surface area contributed by atoms with Crippen molar-refractivity contribution in [3.63, 3.8) is 0 Å². The Kier molecular flexibility index (Phi) is 4.39. The number of benzene rings is 1.